The van der Waals surface area contributed by atoms with Crippen LogP contribution < -0.4 is 4.74 Å². The molecule has 0 radical (unpaired) electrons. The largest absolute Gasteiger partial charge is 0.497 e. The molecule has 0 saturated heterocycles. The highest BCUT2D eigenvalue weighted by molar-refractivity contribution is 5.97. The van der Waals surface area contributed by atoms with Crippen molar-refractivity contribution in [3.8, 4) is 28.1 Å². The van der Waals surface area contributed by atoms with Gasteiger partial charge in [0.05, 0.1) is 25.1 Å². The Morgan fingerprint density at radius 2 is 1.67 bits per heavy atom. The van der Waals surface area contributed by atoms with E-state index in [-0.39, 0.29) is 0 Å². The summed E-state index contributed by atoms with van der Waals surface area (Å²) in [5, 5.41) is 4.75. The molecule has 0 amide bonds. The summed E-state index contributed by atoms with van der Waals surface area (Å²) in [7, 11) is 1.64. The number of ether oxygens (including phenoxy) is 2. The second-order valence-corrected chi connectivity index (χ2v) is 7.03. The van der Waals surface area contributed by atoms with Gasteiger partial charge < -0.3 is 9.47 Å². The number of fused-ring (bicyclic) bond motifs is 1. The SMILES string of the molecule is CCOC(=O)c1cnc2c(-c3ccc(OC)cc3)c(C)nn2c1-c1ccc(C)cc1. The second-order valence-electron chi connectivity index (χ2n) is 7.03. The average Bonchev–Trinajstić information content (AvgIpc) is 3.09. The maximum atomic E-state index is 12.7. The molecule has 0 aliphatic rings. The minimum Gasteiger partial charge on any atom is -0.497 e. The van der Waals surface area contributed by atoms with Gasteiger partial charge in [-0.1, -0.05) is 42.0 Å². The zero-order valence-electron chi connectivity index (χ0n) is 17.5. The van der Waals surface area contributed by atoms with Gasteiger partial charge >= 0.3 is 5.97 Å². The summed E-state index contributed by atoms with van der Waals surface area (Å²) in [6.07, 6.45) is 1.58. The fourth-order valence-corrected chi connectivity index (χ4v) is 3.53. The number of methoxy groups -OCH3 is 1. The summed E-state index contributed by atoms with van der Waals surface area (Å²) in [4.78, 5) is 17.3. The highest BCUT2D eigenvalue weighted by Crippen LogP contribution is 2.33. The van der Waals surface area contributed by atoms with Gasteiger partial charge in [-0.15, -0.1) is 0 Å². The van der Waals surface area contributed by atoms with Crippen molar-refractivity contribution in [2.75, 3.05) is 13.7 Å². The van der Waals surface area contributed by atoms with Crippen LogP contribution in [0.15, 0.2) is 54.7 Å². The number of rotatable bonds is 5. The quantitative estimate of drug-likeness (QED) is 0.447. The minimum atomic E-state index is -0.415. The number of carbonyl (C=O) groups is 1. The number of aryl methyl sites for hydroxylation is 2. The Kier molecular flexibility index (Phi) is 5.23. The molecule has 6 nitrogen and oxygen atoms in total. The molecule has 0 unspecified atom stereocenters. The van der Waals surface area contributed by atoms with Crippen LogP contribution in [0.2, 0.25) is 0 Å². The molecule has 0 aliphatic carbocycles. The van der Waals surface area contributed by atoms with E-state index in [9.17, 15) is 4.79 Å². The Bertz CT molecular complexity index is 1210. The summed E-state index contributed by atoms with van der Waals surface area (Å²) < 4.78 is 12.3. The summed E-state index contributed by atoms with van der Waals surface area (Å²) in [5.41, 5.74) is 6.47. The van der Waals surface area contributed by atoms with E-state index in [1.807, 2.05) is 62.4 Å². The van der Waals surface area contributed by atoms with E-state index in [2.05, 4.69) is 4.98 Å². The molecule has 0 spiro atoms. The van der Waals surface area contributed by atoms with E-state index in [1.54, 1.807) is 24.7 Å². The highest BCUT2D eigenvalue weighted by Gasteiger charge is 2.22. The lowest BCUT2D eigenvalue weighted by atomic mass is 10.0. The number of esters is 1. The predicted octanol–water partition coefficient (Wildman–Crippen LogP) is 4.87. The maximum Gasteiger partial charge on any atom is 0.341 e. The summed E-state index contributed by atoms with van der Waals surface area (Å²) in [6, 6.07) is 15.8. The number of hydrogen-bond acceptors (Lipinski definition) is 5. The van der Waals surface area contributed by atoms with Gasteiger partial charge in [-0.05, 0) is 38.5 Å². The lowest BCUT2D eigenvalue weighted by Gasteiger charge is -2.11. The second kappa shape index (κ2) is 7.99. The van der Waals surface area contributed by atoms with Crippen molar-refractivity contribution in [2.24, 2.45) is 0 Å². The molecule has 0 atom stereocenters. The Labute approximate surface area is 175 Å². The Morgan fingerprint density at radius 1 is 1.00 bits per heavy atom. The van der Waals surface area contributed by atoms with Gasteiger partial charge in [0.25, 0.3) is 0 Å². The molecule has 6 heteroatoms. The van der Waals surface area contributed by atoms with Crippen molar-refractivity contribution < 1.29 is 14.3 Å². The van der Waals surface area contributed by atoms with E-state index >= 15 is 0 Å². The van der Waals surface area contributed by atoms with E-state index < -0.39 is 5.97 Å². The molecule has 0 fully saturated rings. The number of benzene rings is 2. The first kappa shape index (κ1) is 19.6. The van der Waals surface area contributed by atoms with Gasteiger partial charge in [-0.2, -0.15) is 5.10 Å². The van der Waals surface area contributed by atoms with Gasteiger partial charge in [0, 0.05) is 17.3 Å². The van der Waals surface area contributed by atoms with Crippen LogP contribution in [0.25, 0.3) is 28.0 Å². The van der Waals surface area contributed by atoms with Crippen molar-refractivity contribution in [1.29, 1.82) is 0 Å². The lowest BCUT2D eigenvalue weighted by Crippen LogP contribution is -2.11. The number of hydrogen-bond donors (Lipinski definition) is 0. The molecule has 0 bridgehead atoms. The standard InChI is InChI=1S/C24H23N3O3/c1-5-30-24(28)20-14-25-23-21(17-10-12-19(29-4)13-11-17)16(3)26-27(23)22(20)18-8-6-15(2)7-9-18/h6-14H,5H2,1-4H3. The first-order chi connectivity index (χ1) is 14.5. The summed E-state index contributed by atoms with van der Waals surface area (Å²) in [5.74, 6) is 0.368. The van der Waals surface area contributed by atoms with Crippen molar-refractivity contribution in [3.63, 3.8) is 0 Å². The monoisotopic (exact) mass is 401 g/mol. The van der Waals surface area contributed by atoms with Crippen molar-refractivity contribution in [3.05, 3.63) is 71.5 Å². The third-order valence-corrected chi connectivity index (χ3v) is 5.02. The fraction of sp³-hybridized carbons (Fsp3) is 0.208. The number of aromatic nitrogens is 3. The molecule has 152 valence electrons. The molecule has 0 saturated carbocycles. The molecule has 4 aromatic rings. The topological polar surface area (TPSA) is 65.7 Å². The molecule has 0 N–H and O–H groups in total. The normalized spacial score (nSPS) is 10.9. The molecule has 4 rings (SSSR count). The maximum absolute atomic E-state index is 12.7. The molecular weight excluding hydrogens is 378 g/mol. The van der Waals surface area contributed by atoms with E-state index in [0.717, 1.165) is 33.7 Å². The van der Waals surface area contributed by atoms with Gasteiger partial charge in [-0.3, -0.25) is 0 Å². The lowest BCUT2D eigenvalue weighted by molar-refractivity contribution is 0.0526. The van der Waals surface area contributed by atoms with Crippen molar-refractivity contribution >= 4 is 11.6 Å². The first-order valence-corrected chi connectivity index (χ1v) is 9.80. The van der Waals surface area contributed by atoms with Gasteiger partial charge in [-0.25, -0.2) is 14.3 Å². The van der Waals surface area contributed by atoms with E-state index in [4.69, 9.17) is 14.6 Å². The fourth-order valence-electron chi connectivity index (χ4n) is 3.53. The van der Waals surface area contributed by atoms with E-state index in [0.29, 0.717) is 23.5 Å². The van der Waals surface area contributed by atoms with Crippen LogP contribution in [0.4, 0.5) is 0 Å². The number of nitrogens with zero attached hydrogens (tertiary/aromatic N) is 3. The van der Waals surface area contributed by atoms with Crippen LogP contribution in [0.1, 0.15) is 28.5 Å². The molecule has 30 heavy (non-hydrogen) atoms. The Hall–Kier alpha value is -3.67. The Balaban J connectivity index is 1.98. The van der Waals surface area contributed by atoms with Crippen LogP contribution in [0.3, 0.4) is 0 Å². The van der Waals surface area contributed by atoms with Crippen molar-refractivity contribution in [1.82, 2.24) is 14.6 Å². The third kappa shape index (κ3) is 3.41. The third-order valence-electron chi connectivity index (χ3n) is 5.02. The average molecular weight is 401 g/mol. The predicted molar refractivity (Wildman–Crippen MR) is 116 cm³/mol. The van der Waals surface area contributed by atoms with Crippen LogP contribution in [0.5, 0.6) is 5.75 Å². The summed E-state index contributed by atoms with van der Waals surface area (Å²) in [6.45, 7) is 6.05. The van der Waals surface area contributed by atoms with Crippen LogP contribution in [-0.4, -0.2) is 34.3 Å². The summed E-state index contributed by atoms with van der Waals surface area (Å²) >= 11 is 0. The van der Waals surface area contributed by atoms with Crippen LogP contribution >= 0.6 is 0 Å². The van der Waals surface area contributed by atoms with Crippen LogP contribution in [-0.2, 0) is 4.74 Å². The van der Waals surface area contributed by atoms with Gasteiger partial charge in [0.2, 0.25) is 0 Å². The Morgan fingerprint density at radius 3 is 2.30 bits per heavy atom. The first-order valence-electron chi connectivity index (χ1n) is 9.80. The zero-order valence-corrected chi connectivity index (χ0v) is 17.5. The molecule has 2 aromatic carbocycles. The van der Waals surface area contributed by atoms with Gasteiger partial charge in [0.1, 0.15) is 11.3 Å². The van der Waals surface area contributed by atoms with Crippen LogP contribution in [0, 0.1) is 13.8 Å². The van der Waals surface area contributed by atoms with Gasteiger partial charge in [0.15, 0.2) is 5.65 Å². The highest BCUT2D eigenvalue weighted by atomic mass is 16.5. The van der Waals surface area contributed by atoms with E-state index in [1.165, 1.54) is 0 Å². The zero-order chi connectivity index (χ0) is 21.3. The minimum absolute atomic E-state index is 0.291. The molecule has 2 aromatic heterocycles. The molecule has 0 aliphatic heterocycles. The number of carbonyl (C=O) groups excluding carboxylic acids is 1. The molecule has 2 heterocycles. The smallest absolute Gasteiger partial charge is 0.341 e. The van der Waals surface area contributed by atoms with Crippen molar-refractivity contribution in [2.45, 2.75) is 20.8 Å². The molecular formula is C24H23N3O3.